The van der Waals surface area contributed by atoms with E-state index in [2.05, 4.69) is 6.58 Å². The lowest BCUT2D eigenvalue weighted by molar-refractivity contribution is -0.156. The molecule has 4 heteroatoms. The molecule has 82 valence electrons. The summed E-state index contributed by atoms with van der Waals surface area (Å²) in [5.41, 5.74) is 0.597. The molecular weight excluding hydrogens is 196 g/mol. The molecule has 4 nitrogen and oxygen atoms in total. The van der Waals surface area contributed by atoms with Crippen LogP contribution in [0.4, 0.5) is 0 Å². The van der Waals surface area contributed by atoms with E-state index in [0.29, 0.717) is 12.2 Å². The average Bonchev–Trinajstić information content (AvgIpc) is 2.28. The molecule has 0 spiro atoms. The summed E-state index contributed by atoms with van der Waals surface area (Å²) in [6.07, 6.45) is 3.70. The molecule has 3 unspecified atom stereocenters. The third kappa shape index (κ3) is 1.65. The van der Waals surface area contributed by atoms with E-state index in [9.17, 15) is 4.79 Å². The number of carbonyl (C=O) groups is 1. The molecular formula is C11H14O4. The monoisotopic (exact) mass is 210 g/mol. The Morgan fingerprint density at radius 3 is 3.13 bits per heavy atom. The second-order valence-electron chi connectivity index (χ2n) is 3.66. The second-order valence-corrected chi connectivity index (χ2v) is 3.66. The Balaban J connectivity index is 2.27. The molecule has 2 aliphatic heterocycles. The van der Waals surface area contributed by atoms with Gasteiger partial charge in [-0.05, 0) is 6.42 Å². The Kier molecular flexibility index (Phi) is 2.77. The Morgan fingerprint density at radius 1 is 1.67 bits per heavy atom. The first-order chi connectivity index (χ1) is 7.27. The molecule has 0 aromatic carbocycles. The van der Waals surface area contributed by atoms with Gasteiger partial charge in [0, 0.05) is 18.9 Å². The van der Waals surface area contributed by atoms with Gasteiger partial charge in [-0.3, -0.25) is 0 Å². The Hall–Kier alpha value is -1.29. The summed E-state index contributed by atoms with van der Waals surface area (Å²) in [5.74, 6) is -0.155. The number of rotatable bonds is 2. The van der Waals surface area contributed by atoms with Crippen LogP contribution >= 0.6 is 0 Å². The molecule has 2 heterocycles. The van der Waals surface area contributed by atoms with Gasteiger partial charge in [-0.2, -0.15) is 0 Å². The lowest BCUT2D eigenvalue weighted by Gasteiger charge is -2.36. The van der Waals surface area contributed by atoms with Crippen LogP contribution in [-0.2, 0) is 19.0 Å². The van der Waals surface area contributed by atoms with Gasteiger partial charge in [0.2, 0.25) is 6.29 Å². The van der Waals surface area contributed by atoms with Crippen molar-refractivity contribution < 1.29 is 19.0 Å². The van der Waals surface area contributed by atoms with Crippen molar-refractivity contribution in [3.8, 4) is 0 Å². The molecule has 0 bridgehead atoms. The maximum atomic E-state index is 11.4. The highest BCUT2D eigenvalue weighted by Crippen LogP contribution is 2.36. The lowest BCUT2D eigenvalue weighted by Crippen LogP contribution is -2.39. The Bertz CT molecular complexity index is 308. The van der Waals surface area contributed by atoms with Gasteiger partial charge in [0.05, 0.1) is 18.4 Å². The average molecular weight is 210 g/mol. The highest BCUT2D eigenvalue weighted by molar-refractivity contribution is 5.89. The molecule has 15 heavy (non-hydrogen) atoms. The van der Waals surface area contributed by atoms with Crippen LogP contribution in [0, 0.1) is 11.8 Å². The molecule has 0 amide bonds. The van der Waals surface area contributed by atoms with Crippen LogP contribution in [0.3, 0.4) is 0 Å². The number of hydrogen-bond acceptors (Lipinski definition) is 4. The molecule has 0 N–H and O–H groups in total. The van der Waals surface area contributed by atoms with Crippen molar-refractivity contribution in [1.29, 1.82) is 0 Å². The fourth-order valence-corrected chi connectivity index (χ4v) is 2.11. The zero-order chi connectivity index (χ0) is 10.8. The van der Waals surface area contributed by atoms with Gasteiger partial charge in [0.1, 0.15) is 0 Å². The van der Waals surface area contributed by atoms with Crippen molar-refractivity contribution in [3.63, 3.8) is 0 Å². The van der Waals surface area contributed by atoms with Gasteiger partial charge in [-0.15, -0.1) is 6.58 Å². The molecule has 0 radical (unpaired) electrons. The molecule has 2 aliphatic rings. The van der Waals surface area contributed by atoms with Crippen LogP contribution < -0.4 is 0 Å². The molecule has 0 aliphatic carbocycles. The summed E-state index contributed by atoms with van der Waals surface area (Å²) < 4.78 is 15.4. The van der Waals surface area contributed by atoms with Crippen molar-refractivity contribution in [3.05, 3.63) is 24.5 Å². The van der Waals surface area contributed by atoms with E-state index < -0.39 is 0 Å². The molecule has 1 fully saturated rings. The number of ether oxygens (including phenoxy) is 3. The predicted molar refractivity (Wildman–Crippen MR) is 52.7 cm³/mol. The summed E-state index contributed by atoms with van der Waals surface area (Å²) in [5, 5.41) is 0. The van der Waals surface area contributed by atoms with E-state index in [4.69, 9.17) is 14.2 Å². The van der Waals surface area contributed by atoms with E-state index in [1.165, 1.54) is 6.26 Å². The maximum absolute atomic E-state index is 11.4. The third-order valence-corrected chi connectivity index (χ3v) is 2.91. The third-order valence-electron chi connectivity index (χ3n) is 2.91. The number of fused-ring (bicyclic) bond motifs is 1. The predicted octanol–water partition coefficient (Wildman–Crippen LogP) is 1.24. The quantitative estimate of drug-likeness (QED) is 0.508. The van der Waals surface area contributed by atoms with Crippen molar-refractivity contribution in [1.82, 2.24) is 0 Å². The van der Waals surface area contributed by atoms with E-state index in [-0.39, 0.29) is 24.1 Å². The Morgan fingerprint density at radius 2 is 2.47 bits per heavy atom. The molecule has 0 aromatic rings. The second kappa shape index (κ2) is 4.06. The van der Waals surface area contributed by atoms with Gasteiger partial charge in [-0.25, -0.2) is 4.79 Å². The topological polar surface area (TPSA) is 44.8 Å². The number of esters is 1. The van der Waals surface area contributed by atoms with Gasteiger partial charge in [0.15, 0.2) is 0 Å². The first-order valence-electron chi connectivity index (χ1n) is 4.96. The van der Waals surface area contributed by atoms with Crippen molar-refractivity contribution in [2.24, 2.45) is 11.8 Å². The number of cyclic esters (lactones) is 1. The summed E-state index contributed by atoms with van der Waals surface area (Å²) in [4.78, 5) is 11.4. The maximum Gasteiger partial charge on any atom is 0.337 e. The van der Waals surface area contributed by atoms with Crippen LogP contribution in [0.25, 0.3) is 0 Å². The highest BCUT2D eigenvalue weighted by Gasteiger charge is 2.40. The molecule has 2 rings (SSSR count). The van der Waals surface area contributed by atoms with Crippen LogP contribution in [0.5, 0.6) is 0 Å². The summed E-state index contributed by atoms with van der Waals surface area (Å²) in [7, 11) is 1.58. The minimum absolute atomic E-state index is 0.0165. The minimum Gasteiger partial charge on any atom is -0.471 e. The van der Waals surface area contributed by atoms with Crippen LogP contribution in [0.2, 0.25) is 0 Å². The molecule has 3 atom stereocenters. The summed E-state index contributed by atoms with van der Waals surface area (Å²) >= 11 is 0. The lowest BCUT2D eigenvalue weighted by atomic mass is 9.81. The van der Waals surface area contributed by atoms with Crippen LogP contribution in [-0.4, -0.2) is 26.0 Å². The van der Waals surface area contributed by atoms with Gasteiger partial charge in [0.25, 0.3) is 0 Å². The largest absolute Gasteiger partial charge is 0.471 e. The van der Waals surface area contributed by atoms with E-state index in [0.717, 1.165) is 6.42 Å². The SMILES string of the molecule is C=CC1C(OC)OC=C2C(=O)OCCC21. The summed E-state index contributed by atoms with van der Waals surface area (Å²) in [6, 6.07) is 0. The van der Waals surface area contributed by atoms with E-state index in [1.807, 2.05) is 0 Å². The van der Waals surface area contributed by atoms with E-state index in [1.54, 1.807) is 13.2 Å². The zero-order valence-corrected chi connectivity index (χ0v) is 8.64. The fourth-order valence-electron chi connectivity index (χ4n) is 2.11. The standard InChI is InChI=1S/C11H14O4/c1-3-7-8-4-5-14-10(12)9(8)6-15-11(7)13-2/h3,6-8,11H,1,4-5H2,2H3. The normalized spacial score (nSPS) is 34.6. The van der Waals surface area contributed by atoms with Crippen molar-refractivity contribution in [2.45, 2.75) is 12.7 Å². The molecule has 0 aromatic heterocycles. The fraction of sp³-hybridized carbons (Fsp3) is 0.545. The first-order valence-corrected chi connectivity index (χ1v) is 4.96. The van der Waals surface area contributed by atoms with Crippen LogP contribution in [0.1, 0.15) is 6.42 Å². The first kappa shape index (κ1) is 10.2. The molecule has 0 saturated carbocycles. The van der Waals surface area contributed by atoms with Crippen molar-refractivity contribution >= 4 is 5.97 Å². The highest BCUT2D eigenvalue weighted by atomic mass is 16.7. The minimum atomic E-state index is -0.345. The van der Waals surface area contributed by atoms with Gasteiger partial charge < -0.3 is 14.2 Å². The number of carbonyl (C=O) groups excluding carboxylic acids is 1. The smallest absolute Gasteiger partial charge is 0.337 e. The summed E-state index contributed by atoms with van der Waals surface area (Å²) in [6.45, 7) is 4.22. The zero-order valence-electron chi connectivity index (χ0n) is 8.64. The van der Waals surface area contributed by atoms with Crippen molar-refractivity contribution in [2.75, 3.05) is 13.7 Å². The molecule has 1 saturated heterocycles. The van der Waals surface area contributed by atoms with Gasteiger partial charge >= 0.3 is 5.97 Å². The van der Waals surface area contributed by atoms with Crippen LogP contribution in [0.15, 0.2) is 24.5 Å². The number of hydrogen-bond donors (Lipinski definition) is 0. The van der Waals surface area contributed by atoms with Gasteiger partial charge in [-0.1, -0.05) is 6.08 Å². The Labute approximate surface area is 88.5 Å². The number of methoxy groups -OCH3 is 1. The van der Waals surface area contributed by atoms with E-state index >= 15 is 0 Å².